The van der Waals surface area contributed by atoms with Gasteiger partial charge in [0, 0.05) is 0 Å². The van der Waals surface area contributed by atoms with E-state index in [1.807, 2.05) is 39.0 Å². The summed E-state index contributed by atoms with van der Waals surface area (Å²) in [4.78, 5) is 0. The molecule has 0 aliphatic heterocycles. The number of para-hydroxylation sites is 1. The molecule has 0 aromatic heterocycles. The molecule has 0 aliphatic carbocycles. The average Bonchev–Trinajstić information content (AvgIpc) is 2.64. The number of hydrogen-bond donors (Lipinski definition) is 0. The van der Waals surface area contributed by atoms with Crippen LogP contribution < -0.4 is 18.9 Å². The summed E-state index contributed by atoms with van der Waals surface area (Å²) in [5, 5.41) is 0. The van der Waals surface area contributed by atoms with Crippen LogP contribution in [0.25, 0.3) is 0 Å². The summed E-state index contributed by atoms with van der Waals surface area (Å²) in [6, 6.07) is 12.3. The molecule has 0 aliphatic rings. The topological polar surface area (TPSA) is 36.9 Å². The number of hydrogen-bond acceptors (Lipinski definition) is 4. The van der Waals surface area contributed by atoms with Crippen LogP contribution >= 0.6 is 0 Å². The van der Waals surface area contributed by atoms with Gasteiger partial charge in [0.2, 0.25) is 5.75 Å². The lowest BCUT2D eigenvalue weighted by molar-refractivity contribution is 0.260. The Hall–Kier alpha value is -2.36. The van der Waals surface area contributed by atoms with E-state index in [-0.39, 0.29) is 0 Å². The normalized spacial score (nSPS) is 11.7. The van der Waals surface area contributed by atoms with Crippen molar-refractivity contribution < 1.29 is 18.9 Å². The van der Waals surface area contributed by atoms with Crippen LogP contribution in [-0.2, 0) is 6.42 Å². The molecule has 4 nitrogen and oxygen atoms in total. The van der Waals surface area contributed by atoms with Gasteiger partial charge in [-0.2, -0.15) is 0 Å². The zero-order chi connectivity index (χ0) is 18.9. The molecule has 0 saturated heterocycles. The maximum atomic E-state index is 5.82. The highest BCUT2D eigenvalue weighted by atomic mass is 16.5. The van der Waals surface area contributed by atoms with Crippen molar-refractivity contribution in [3.05, 3.63) is 47.5 Å². The van der Waals surface area contributed by atoms with Gasteiger partial charge in [-0.05, 0) is 62.4 Å². The zero-order valence-electron chi connectivity index (χ0n) is 16.5. The molecule has 2 rings (SSSR count). The molecular formula is C22H30O4. The van der Waals surface area contributed by atoms with Gasteiger partial charge < -0.3 is 18.9 Å². The fourth-order valence-electron chi connectivity index (χ4n) is 3.10. The van der Waals surface area contributed by atoms with E-state index in [1.54, 1.807) is 7.11 Å². The van der Waals surface area contributed by atoms with Gasteiger partial charge in [-0.15, -0.1) is 0 Å². The minimum Gasteiger partial charge on any atom is -0.496 e. The highest BCUT2D eigenvalue weighted by Crippen LogP contribution is 2.40. The highest BCUT2D eigenvalue weighted by molar-refractivity contribution is 5.54. The number of methoxy groups -OCH3 is 1. The molecular weight excluding hydrogens is 328 g/mol. The number of rotatable bonds is 10. The molecule has 1 atom stereocenters. The molecule has 0 saturated carbocycles. The van der Waals surface area contributed by atoms with Crippen molar-refractivity contribution in [3.8, 4) is 23.0 Å². The van der Waals surface area contributed by atoms with Gasteiger partial charge in [0.15, 0.2) is 11.5 Å². The van der Waals surface area contributed by atoms with E-state index in [9.17, 15) is 0 Å². The lowest BCUT2D eigenvalue weighted by atomic mass is 9.92. The van der Waals surface area contributed by atoms with E-state index in [2.05, 4.69) is 25.1 Å². The Morgan fingerprint density at radius 2 is 1.38 bits per heavy atom. The molecule has 0 radical (unpaired) electrons. The molecule has 0 fully saturated rings. The molecule has 142 valence electrons. The Morgan fingerprint density at radius 3 is 1.92 bits per heavy atom. The minimum absolute atomic E-state index is 0.299. The van der Waals surface area contributed by atoms with E-state index >= 15 is 0 Å². The van der Waals surface area contributed by atoms with Gasteiger partial charge in [-0.3, -0.25) is 0 Å². The minimum atomic E-state index is 0.299. The van der Waals surface area contributed by atoms with E-state index in [0.717, 1.165) is 29.2 Å². The first kappa shape index (κ1) is 20.0. The van der Waals surface area contributed by atoms with Crippen molar-refractivity contribution >= 4 is 0 Å². The summed E-state index contributed by atoms with van der Waals surface area (Å²) in [5.74, 6) is 3.38. The van der Waals surface area contributed by atoms with Crippen LogP contribution in [0.3, 0.4) is 0 Å². The second kappa shape index (κ2) is 9.95. The lowest BCUT2D eigenvalue weighted by Crippen LogP contribution is -2.05. The van der Waals surface area contributed by atoms with E-state index in [1.165, 1.54) is 5.56 Å². The van der Waals surface area contributed by atoms with Gasteiger partial charge in [0.05, 0.1) is 26.9 Å². The van der Waals surface area contributed by atoms with Crippen molar-refractivity contribution in [2.45, 2.75) is 40.0 Å². The van der Waals surface area contributed by atoms with E-state index in [4.69, 9.17) is 18.9 Å². The number of ether oxygens (including phenoxy) is 4. The van der Waals surface area contributed by atoms with Crippen molar-refractivity contribution in [1.29, 1.82) is 0 Å². The lowest BCUT2D eigenvalue weighted by Gasteiger charge is -2.19. The average molecular weight is 358 g/mol. The monoisotopic (exact) mass is 358 g/mol. The second-order valence-corrected chi connectivity index (χ2v) is 6.07. The summed E-state index contributed by atoms with van der Waals surface area (Å²) in [5.41, 5.74) is 2.35. The Bertz CT molecular complexity index is 669. The summed E-state index contributed by atoms with van der Waals surface area (Å²) < 4.78 is 22.9. The standard InChI is InChI=1S/C22H30O4/c1-6-24-20-14-17(15-21(25-7-2)22(20)26-8-3)13-16(4)18-11-9-10-12-19(18)23-5/h9-12,14-16H,6-8,13H2,1-5H3. The Kier molecular flexibility index (Phi) is 7.64. The van der Waals surface area contributed by atoms with Crippen LogP contribution in [0.5, 0.6) is 23.0 Å². The van der Waals surface area contributed by atoms with Crippen LogP contribution in [-0.4, -0.2) is 26.9 Å². The van der Waals surface area contributed by atoms with Crippen LogP contribution in [0.1, 0.15) is 44.7 Å². The predicted octanol–water partition coefficient (Wildman–Crippen LogP) is 5.24. The van der Waals surface area contributed by atoms with Crippen LogP contribution in [0.2, 0.25) is 0 Å². The maximum absolute atomic E-state index is 5.82. The van der Waals surface area contributed by atoms with E-state index in [0.29, 0.717) is 31.5 Å². The quantitative estimate of drug-likeness (QED) is 0.582. The molecule has 2 aromatic carbocycles. The molecule has 0 N–H and O–H groups in total. The first-order valence-electron chi connectivity index (χ1n) is 9.32. The summed E-state index contributed by atoms with van der Waals surface area (Å²) in [7, 11) is 1.71. The third-order valence-corrected chi connectivity index (χ3v) is 4.18. The smallest absolute Gasteiger partial charge is 0.203 e. The van der Waals surface area contributed by atoms with Gasteiger partial charge in [-0.25, -0.2) is 0 Å². The Morgan fingerprint density at radius 1 is 0.808 bits per heavy atom. The molecule has 0 amide bonds. The third kappa shape index (κ3) is 4.84. The molecule has 4 heteroatoms. The van der Waals surface area contributed by atoms with Crippen LogP contribution in [0, 0.1) is 0 Å². The fourth-order valence-corrected chi connectivity index (χ4v) is 3.10. The van der Waals surface area contributed by atoms with Gasteiger partial charge >= 0.3 is 0 Å². The molecule has 1 unspecified atom stereocenters. The molecule has 2 aromatic rings. The molecule has 0 heterocycles. The van der Waals surface area contributed by atoms with Gasteiger partial charge in [-0.1, -0.05) is 25.1 Å². The van der Waals surface area contributed by atoms with Crippen molar-refractivity contribution in [3.63, 3.8) is 0 Å². The molecule has 0 bridgehead atoms. The van der Waals surface area contributed by atoms with Crippen LogP contribution in [0.4, 0.5) is 0 Å². The molecule has 26 heavy (non-hydrogen) atoms. The first-order valence-corrected chi connectivity index (χ1v) is 9.32. The summed E-state index contributed by atoms with van der Waals surface area (Å²) >= 11 is 0. The second-order valence-electron chi connectivity index (χ2n) is 6.07. The number of benzene rings is 2. The Balaban J connectivity index is 2.35. The van der Waals surface area contributed by atoms with Crippen molar-refractivity contribution in [1.82, 2.24) is 0 Å². The summed E-state index contributed by atoms with van der Waals surface area (Å²) in [6.07, 6.45) is 0.854. The van der Waals surface area contributed by atoms with E-state index < -0.39 is 0 Å². The maximum Gasteiger partial charge on any atom is 0.203 e. The van der Waals surface area contributed by atoms with Crippen molar-refractivity contribution in [2.24, 2.45) is 0 Å². The summed E-state index contributed by atoms with van der Waals surface area (Å²) in [6.45, 7) is 9.84. The van der Waals surface area contributed by atoms with Crippen molar-refractivity contribution in [2.75, 3.05) is 26.9 Å². The predicted molar refractivity (Wildman–Crippen MR) is 105 cm³/mol. The van der Waals surface area contributed by atoms with Gasteiger partial charge in [0.1, 0.15) is 5.75 Å². The largest absolute Gasteiger partial charge is 0.496 e. The fraction of sp³-hybridized carbons (Fsp3) is 0.455. The van der Waals surface area contributed by atoms with Crippen LogP contribution in [0.15, 0.2) is 36.4 Å². The van der Waals surface area contributed by atoms with Gasteiger partial charge in [0.25, 0.3) is 0 Å². The highest BCUT2D eigenvalue weighted by Gasteiger charge is 2.18. The first-order chi connectivity index (χ1) is 12.6. The zero-order valence-corrected chi connectivity index (χ0v) is 16.5. The Labute approximate surface area is 157 Å². The third-order valence-electron chi connectivity index (χ3n) is 4.18. The SMILES string of the molecule is CCOc1cc(CC(C)c2ccccc2OC)cc(OCC)c1OCC. The molecule has 0 spiro atoms.